The average molecular weight is 510 g/mol. The average Bonchev–Trinajstić information content (AvgIpc) is 3.13. The van der Waals surface area contributed by atoms with Gasteiger partial charge in [-0.1, -0.05) is 11.3 Å². The van der Waals surface area contributed by atoms with Gasteiger partial charge in [0.25, 0.3) is 5.91 Å². The van der Waals surface area contributed by atoms with Crippen LogP contribution in [0.4, 0.5) is 0 Å². The zero-order valence-electron chi connectivity index (χ0n) is 18.9. The first-order chi connectivity index (χ1) is 16.1. The molecule has 0 saturated heterocycles. The van der Waals surface area contributed by atoms with Crippen molar-refractivity contribution < 1.29 is 37.0 Å². The predicted molar refractivity (Wildman–Crippen MR) is 124 cm³/mol. The number of carbonyl (C=O) groups is 2. The molecule has 34 heavy (non-hydrogen) atoms. The lowest BCUT2D eigenvalue weighted by atomic mass is 10.1. The van der Waals surface area contributed by atoms with E-state index in [1.807, 2.05) is 0 Å². The second-order valence-corrected chi connectivity index (χ2v) is 9.35. The summed E-state index contributed by atoms with van der Waals surface area (Å²) < 4.78 is 46.3. The third-order valence-electron chi connectivity index (χ3n) is 4.68. The minimum Gasteiger partial charge on any atom is -0.493 e. The maximum absolute atomic E-state index is 13.1. The van der Waals surface area contributed by atoms with Crippen LogP contribution in [0, 0.1) is 0 Å². The smallest absolute Gasteiger partial charge is 0.326 e. The summed E-state index contributed by atoms with van der Waals surface area (Å²) in [7, 11) is 0.336. The van der Waals surface area contributed by atoms with Crippen LogP contribution in [0.3, 0.4) is 0 Å². The highest BCUT2D eigenvalue weighted by Crippen LogP contribution is 2.38. The lowest BCUT2D eigenvalue weighted by Crippen LogP contribution is -2.23. The van der Waals surface area contributed by atoms with Crippen LogP contribution >= 0.6 is 11.3 Å². The summed E-state index contributed by atoms with van der Waals surface area (Å²) >= 11 is 1.03. The molecule has 3 rings (SSSR count). The topological polar surface area (TPSA) is 149 Å². The summed E-state index contributed by atoms with van der Waals surface area (Å²) in [4.78, 5) is 29.5. The SMILES string of the molecule is CCOC(=O)Cn1c(=NC(=O)c2cc(OC)c(OC)c(OC)c2)sc2cc(S(N)(=O)=O)ccc21. The molecular formula is C21H23N3O8S2. The van der Waals surface area contributed by atoms with Crippen molar-refractivity contribution in [3.05, 3.63) is 40.7 Å². The number of fused-ring (bicyclic) bond motifs is 1. The Morgan fingerprint density at radius 2 is 1.71 bits per heavy atom. The van der Waals surface area contributed by atoms with E-state index in [9.17, 15) is 18.0 Å². The zero-order valence-corrected chi connectivity index (χ0v) is 20.5. The number of hydrogen-bond donors (Lipinski definition) is 1. The van der Waals surface area contributed by atoms with E-state index in [2.05, 4.69) is 4.99 Å². The molecule has 1 heterocycles. The molecule has 182 valence electrons. The quantitative estimate of drug-likeness (QED) is 0.451. The van der Waals surface area contributed by atoms with Crippen molar-refractivity contribution in [2.45, 2.75) is 18.4 Å². The number of amides is 1. The summed E-state index contributed by atoms with van der Waals surface area (Å²) in [6.45, 7) is 1.61. The minimum absolute atomic E-state index is 0.105. The Morgan fingerprint density at radius 1 is 1.06 bits per heavy atom. The summed E-state index contributed by atoms with van der Waals surface area (Å²) in [5.41, 5.74) is 0.641. The Hall–Kier alpha value is -3.42. The van der Waals surface area contributed by atoms with Gasteiger partial charge < -0.3 is 23.5 Å². The molecule has 0 atom stereocenters. The van der Waals surface area contributed by atoms with Crippen molar-refractivity contribution in [1.29, 1.82) is 0 Å². The lowest BCUT2D eigenvalue weighted by molar-refractivity contribution is -0.143. The van der Waals surface area contributed by atoms with Gasteiger partial charge in [0.1, 0.15) is 6.54 Å². The van der Waals surface area contributed by atoms with E-state index in [1.165, 1.54) is 56.2 Å². The van der Waals surface area contributed by atoms with E-state index in [1.54, 1.807) is 6.92 Å². The van der Waals surface area contributed by atoms with Gasteiger partial charge in [-0.25, -0.2) is 13.6 Å². The van der Waals surface area contributed by atoms with E-state index < -0.39 is 21.9 Å². The first-order valence-electron chi connectivity index (χ1n) is 9.83. The molecule has 0 spiro atoms. The largest absolute Gasteiger partial charge is 0.493 e. The molecule has 0 saturated carbocycles. The van der Waals surface area contributed by atoms with Gasteiger partial charge >= 0.3 is 5.97 Å². The maximum Gasteiger partial charge on any atom is 0.326 e. The number of primary sulfonamides is 1. The predicted octanol–water partition coefficient (Wildman–Crippen LogP) is 1.68. The fraction of sp³-hybridized carbons (Fsp3) is 0.286. The number of esters is 1. The number of methoxy groups -OCH3 is 3. The van der Waals surface area contributed by atoms with Gasteiger partial charge in [-0.05, 0) is 37.3 Å². The van der Waals surface area contributed by atoms with Crippen molar-refractivity contribution >= 4 is 43.5 Å². The van der Waals surface area contributed by atoms with Gasteiger partial charge in [0.2, 0.25) is 15.8 Å². The highest BCUT2D eigenvalue weighted by Gasteiger charge is 2.19. The van der Waals surface area contributed by atoms with Crippen molar-refractivity contribution in [1.82, 2.24) is 4.57 Å². The van der Waals surface area contributed by atoms with Crippen LogP contribution in [0.1, 0.15) is 17.3 Å². The Bertz CT molecular complexity index is 1400. The third-order valence-corrected chi connectivity index (χ3v) is 6.64. The Morgan fingerprint density at radius 3 is 2.24 bits per heavy atom. The fourth-order valence-corrected chi connectivity index (χ4v) is 4.84. The van der Waals surface area contributed by atoms with Crippen LogP contribution in [0.2, 0.25) is 0 Å². The maximum atomic E-state index is 13.1. The molecule has 0 aliphatic carbocycles. The molecular weight excluding hydrogens is 486 g/mol. The summed E-state index contributed by atoms with van der Waals surface area (Å²) in [5.74, 6) is -0.325. The van der Waals surface area contributed by atoms with Crippen LogP contribution in [-0.4, -0.2) is 52.8 Å². The van der Waals surface area contributed by atoms with Gasteiger partial charge in [-0.3, -0.25) is 9.59 Å². The summed E-state index contributed by atoms with van der Waals surface area (Å²) in [5, 5.41) is 5.23. The molecule has 13 heteroatoms. The molecule has 0 aliphatic heterocycles. The number of aromatic nitrogens is 1. The van der Waals surface area contributed by atoms with Gasteiger partial charge in [0.15, 0.2) is 16.3 Å². The number of ether oxygens (including phenoxy) is 4. The van der Waals surface area contributed by atoms with Crippen LogP contribution in [0.15, 0.2) is 40.2 Å². The molecule has 3 aromatic rings. The van der Waals surface area contributed by atoms with Gasteiger partial charge in [0, 0.05) is 5.56 Å². The van der Waals surface area contributed by atoms with Crippen LogP contribution in [0.25, 0.3) is 10.2 Å². The number of nitrogens with two attached hydrogens (primary N) is 1. The molecule has 0 unspecified atom stereocenters. The summed E-state index contributed by atoms with van der Waals surface area (Å²) in [6, 6.07) is 7.08. The second-order valence-electron chi connectivity index (χ2n) is 6.78. The van der Waals surface area contributed by atoms with Crippen molar-refractivity contribution in [2.75, 3.05) is 27.9 Å². The molecule has 0 radical (unpaired) electrons. The van der Waals surface area contributed by atoms with Gasteiger partial charge in [0.05, 0.1) is 43.0 Å². The van der Waals surface area contributed by atoms with Crippen LogP contribution < -0.4 is 24.2 Å². The Kier molecular flexibility index (Phi) is 7.59. The summed E-state index contributed by atoms with van der Waals surface area (Å²) in [6.07, 6.45) is 0. The van der Waals surface area contributed by atoms with Crippen LogP contribution in [-0.2, 0) is 26.1 Å². The van der Waals surface area contributed by atoms with Crippen molar-refractivity contribution in [2.24, 2.45) is 10.1 Å². The monoisotopic (exact) mass is 509 g/mol. The highest BCUT2D eigenvalue weighted by atomic mass is 32.2. The number of sulfonamides is 1. The normalized spacial score (nSPS) is 12.0. The molecule has 1 aromatic heterocycles. The van der Waals surface area contributed by atoms with E-state index >= 15 is 0 Å². The van der Waals surface area contributed by atoms with Crippen molar-refractivity contribution in [3.63, 3.8) is 0 Å². The molecule has 0 aliphatic rings. The van der Waals surface area contributed by atoms with E-state index in [0.717, 1.165) is 11.3 Å². The first kappa shape index (κ1) is 25.2. The second kappa shape index (κ2) is 10.2. The molecule has 0 fully saturated rings. The highest BCUT2D eigenvalue weighted by molar-refractivity contribution is 7.89. The number of thiazole rings is 1. The molecule has 0 bridgehead atoms. The Labute approximate surface area is 199 Å². The number of rotatable bonds is 8. The van der Waals surface area contributed by atoms with Gasteiger partial charge in [-0.2, -0.15) is 4.99 Å². The molecule has 11 nitrogen and oxygen atoms in total. The van der Waals surface area contributed by atoms with Crippen molar-refractivity contribution in [3.8, 4) is 17.2 Å². The number of nitrogens with zero attached hydrogens (tertiary/aromatic N) is 2. The van der Waals surface area contributed by atoms with Crippen LogP contribution in [0.5, 0.6) is 17.2 Å². The first-order valence-corrected chi connectivity index (χ1v) is 12.2. The standard InChI is InChI=1S/C21H23N3O8S2/c1-5-32-18(25)11-24-14-7-6-13(34(22,27)28)10-17(14)33-21(24)23-20(26)12-8-15(29-2)19(31-4)16(9-12)30-3/h6-10H,5,11H2,1-4H3,(H2,22,27,28). The number of hydrogen-bond acceptors (Lipinski definition) is 9. The lowest BCUT2D eigenvalue weighted by Gasteiger charge is -2.12. The molecule has 2 aromatic carbocycles. The minimum atomic E-state index is -3.95. The van der Waals surface area contributed by atoms with E-state index in [-0.39, 0.29) is 39.9 Å². The van der Waals surface area contributed by atoms with E-state index in [0.29, 0.717) is 16.0 Å². The number of benzene rings is 2. The van der Waals surface area contributed by atoms with Gasteiger partial charge in [-0.15, -0.1) is 0 Å². The molecule has 1 amide bonds. The number of carbonyl (C=O) groups excluding carboxylic acids is 2. The van der Waals surface area contributed by atoms with E-state index in [4.69, 9.17) is 24.1 Å². The fourth-order valence-electron chi connectivity index (χ4n) is 3.16. The zero-order chi connectivity index (χ0) is 25.0. The third kappa shape index (κ3) is 5.21. The Balaban J connectivity index is 2.19. The molecule has 2 N–H and O–H groups in total.